The first-order valence-electron chi connectivity index (χ1n) is 11.2. The van der Waals surface area contributed by atoms with E-state index in [1.54, 1.807) is 24.3 Å². The van der Waals surface area contributed by atoms with E-state index in [1.165, 1.54) is 62.3 Å². The molecule has 1 fully saturated rings. The molecule has 2 aromatic carbocycles. The fourth-order valence-corrected chi connectivity index (χ4v) is 5.75. The molecule has 0 saturated carbocycles. The Hall–Kier alpha value is -3.54. The van der Waals surface area contributed by atoms with Gasteiger partial charge in [0.2, 0.25) is 10.0 Å². The largest absolute Gasteiger partial charge is 0.507 e. The van der Waals surface area contributed by atoms with Crippen LogP contribution in [0.2, 0.25) is 0 Å². The van der Waals surface area contributed by atoms with Gasteiger partial charge in [-0.3, -0.25) is 14.4 Å². The number of aliphatic hydroxyl groups is 1. The molecule has 0 aromatic heterocycles. The minimum Gasteiger partial charge on any atom is -0.507 e. The number of sulfonamides is 1. The van der Waals surface area contributed by atoms with Crippen LogP contribution in [-0.2, 0) is 34.7 Å². The van der Waals surface area contributed by atoms with Crippen molar-refractivity contribution in [2.24, 2.45) is 0 Å². The van der Waals surface area contributed by atoms with Gasteiger partial charge in [-0.1, -0.05) is 30.3 Å². The molecular formula is C25H27N3O7S. The van der Waals surface area contributed by atoms with Crippen LogP contribution in [0.25, 0.3) is 5.76 Å². The van der Waals surface area contributed by atoms with Crippen molar-refractivity contribution in [3.63, 3.8) is 0 Å². The van der Waals surface area contributed by atoms with Crippen molar-refractivity contribution in [2.75, 3.05) is 46.3 Å². The Kier molecular flexibility index (Phi) is 6.50. The van der Waals surface area contributed by atoms with Crippen LogP contribution in [0.3, 0.4) is 0 Å². The van der Waals surface area contributed by atoms with Gasteiger partial charge in [0, 0.05) is 58.2 Å². The van der Waals surface area contributed by atoms with Crippen LogP contribution in [0.5, 0.6) is 0 Å². The van der Waals surface area contributed by atoms with Crippen molar-refractivity contribution in [3.8, 4) is 0 Å². The summed E-state index contributed by atoms with van der Waals surface area (Å²) in [5, 5.41) is 11.5. The van der Waals surface area contributed by atoms with Gasteiger partial charge in [-0.15, -0.1) is 0 Å². The summed E-state index contributed by atoms with van der Waals surface area (Å²) in [7, 11) is 1.93. The van der Waals surface area contributed by atoms with E-state index in [4.69, 9.17) is 4.74 Å². The van der Waals surface area contributed by atoms with Crippen LogP contribution >= 0.6 is 0 Å². The Morgan fingerprint density at radius 2 is 1.78 bits per heavy atom. The zero-order valence-electron chi connectivity index (χ0n) is 20.4. The Balaban J connectivity index is 2.01. The van der Waals surface area contributed by atoms with Crippen molar-refractivity contribution in [1.82, 2.24) is 9.21 Å². The van der Waals surface area contributed by atoms with Gasteiger partial charge in [-0.2, -0.15) is 0 Å². The van der Waals surface area contributed by atoms with Crippen LogP contribution in [0.1, 0.15) is 17.5 Å². The summed E-state index contributed by atoms with van der Waals surface area (Å²) in [5.74, 6) is -3.15. The lowest BCUT2D eigenvalue weighted by atomic mass is 9.82. The maximum Gasteiger partial charge on any atom is 0.296 e. The fourth-order valence-electron chi connectivity index (χ4n) is 4.80. The Bertz CT molecular complexity index is 1400. The number of ether oxygens (including phenoxy) is 1. The summed E-state index contributed by atoms with van der Waals surface area (Å²) in [6.45, 7) is 0.313. The molecule has 2 heterocycles. The molecule has 2 aliphatic rings. The smallest absolute Gasteiger partial charge is 0.296 e. The van der Waals surface area contributed by atoms with Gasteiger partial charge in [0.1, 0.15) is 5.76 Å². The lowest BCUT2D eigenvalue weighted by Gasteiger charge is -2.34. The van der Waals surface area contributed by atoms with Gasteiger partial charge in [-0.05, 0) is 24.6 Å². The number of amides is 2. The second kappa shape index (κ2) is 9.16. The maximum absolute atomic E-state index is 13.9. The number of para-hydroxylation sites is 1. The van der Waals surface area contributed by atoms with E-state index in [2.05, 4.69) is 0 Å². The van der Waals surface area contributed by atoms with E-state index in [0.717, 1.165) is 4.31 Å². The minimum absolute atomic E-state index is 0.00738. The number of methoxy groups -OCH3 is 1. The second-order valence-electron chi connectivity index (χ2n) is 8.76. The molecule has 1 spiro atoms. The van der Waals surface area contributed by atoms with E-state index in [-0.39, 0.29) is 23.6 Å². The van der Waals surface area contributed by atoms with Crippen molar-refractivity contribution < 1.29 is 32.6 Å². The third-order valence-electron chi connectivity index (χ3n) is 6.56. The molecule has 10 nitrogen and oxygen atoms in total. The van der Waals surface area contributed by atoms with Crippen LogP contribution in [-0.4, -0.2) is 81.7 Å². The minimum atomic E-state index is -3.85. The fraction of sp³-hybridized carbons (Fsp3) is 0.320. The Morgan fingerprint density at radius 3 is 2.44 bits per heavy atom. The molecule has 0 bridgehead atoms. The molecule has 0 radical (unpaired) electrons. The first-order valence-corrected chi connectivity index (χ1v) is 12.6. The van der Waals surface area contributed by atoms with E-state index < -0.39 is 44.5 Å². The summed E-state index contributed by atoms with van der Waals surface area (Å²) >= 11 is 0. The molecule has 1 atom stereocenters. The number of likely N-dealkylation sites (tertiary alicyclic amines) is 1. The number of rotatable bonds is 7. The molecule has 4 rings (SSSR count). The monoisotopic (exact) mass is 513 g/mol. The molecule has 2 aromatic rings. The first-order chi connectivity index (χ1) is 17.0. The predicted molar refractivity (Wildman–Crippen MR) is 132 cm³/mol. The highest BCUT2D eigenvalue weighted by molar-refractivity contribution is 7.89. The maximum atomic E-state index is 13.9. The van der Waals surface area contributed by atoms with Crippen molar-refractivity contribution in [3.05, 3.63) is 65.2 Å². The highest BCUT2D eigenvalue weighted by Crippen LogP contribution is 2.53. The van der Waals surface area contributed by atoms with Crippen LogP contribution in [0, 0.1) is 0 Å². The van der Waals surface area contributed by atoms with Gasteiger partial charge in [0.15, 0.2) is 5.54 Å². The number of carbonyl (C=O) groups is 3. The quantitative estimate of drug-likeness (QED) is 0.258. The van der Waals surface area contributed by atoms with Gasteiger partial charge in [-0.25, -0.2) is 12.7 Å². The average molecular weight is 514 g/mol. The van der Waals surface area contributed by atoms with E-state index in [0.29, 0.717) is 17.7 Å². The van der Waals surface area contributed by atoms with Crippen molar-refractivity contribution in [1.29, 1.82) is 0 Å². The Morgan fingerprint density at radius 1 is 1.08 bits per heavy atom. The molecule has 1 saturated heterocycles. The molecule has 1 unspecified atom stereocenters. The third-order valence-corrected chi connectivity index (χ3v) is 8.37. The molecule has 2 aliphatic heterocycles. The number of Topliss-reactive ketones (excluding diaryl/α,β-unsaturated/α-hetero) is 1. The van der Waals surface area contributed by atoms with Gasteiger partial charge < -0.3 is 19.6 Å². The number of ketones is 1. The molecule has 1 N–H and O–H groups in total. The molecular weight excluding hydrogens is 486 g/mol. The number of nitrogens with zero attached hydrogens (tertiary/aromatic N) is 3. The predicted octanol–water partition coefficient (Wildman–Crippen LogP) is 1.53. The summed E-state index contributed by atoms with van der Waals surface area (Å²) in [4.78, 5) is 43.0. The second-order valence-corrected chi connectivity index (χ2v) is 10.9. The number of carbonyl (C=O) groups excluding carboxylic acids is 3. The highest BCUT2D eigenvalue weighted by Gasteiger charge is 2.66. The van der Waals surface area contributed by atoms with E-state index in [9.17, 15) is 27.9 Å². The average Bonchev–Trinajstić information content (AvgIpc) is 3.22. The Labute approximate surface area is 209 Å². The molecule has 2 amide bonds. The first kappa shape index (κ1) is 25.5. The van der Waals surface area contributed by atoms with E-state index >= 15 is 0 Å². The van der Waals surface area contributed by atoms with E-state index in [1.807, 2.05) is 0 Å². The normalized spacial score (nSPS) is 21.2. The zero-order chi connectivity index (χ0) is 26.4. The summed E-state index contributed by atoms with van der Waals surface area (Å²) in [5.41, 5.74) is -1.42. The molecule has 190 valence electrons. The number of benzene rings is 2. The van der Waals surface area contributed by atoms with Crippen LogP contribution < -0.4 is 4.90 Å². The third kappa shape index (κ3) is 3.54. The molecule has 36 heavy (non-hydrogen) atoms. The lowest BCUT2D eigenvalue weighted by Crippen LogP contribution is -2.51. The zero-order valence-corrected chi connectivity index (χ0v) is 21.2. The number of anilines is 1. The lowest BCUT2D eigenvalue weighted by molar-refractivity contribution is -0.143. The van der Waals surface area contributed by atoms with Crippen LogP contribution in [0.4, 0.5) is 5.69 Å². The van der Waals surface area contributed by atoms with Crippen molar-refractivity contribution >= 4 is 39.1 Å². The topological polar surface area (TPSA) is 125 Å². The number of hydrogen-bond acceptors (Lipinski definition) is 7. The number of hydrogen-bond donors (Lipinski definition) is 1. The van der Waals surface area contributed by atoms with Crippen LogP contribution in [0.15, 0.2) is 59.0 Å². The summed E-state index contributed by atoms with van der Waals surface area (Å²) in [6, 6.07) is 12.2. The van der Waals surface area contributed by atoms with Crippen molar-refractivity contribution in [2.45, 2.75) is 16.9 Å². The van der Waals surface area contributed by atoms with Gasteiger partial charge >= 0.3 is 0 Å². The standard InChI is InChI=1S/C25H27N3O7S/c1-26(2)36(33,34)17-10-7-9-16(15-17)21(29)20-22(30)23(31)28(13-8-14-35-4)25(20)18-11-5-6-12-19(18)27(3)24(25)32/h5-7,9-12,15,29H,8,13-14H2,1-4H3/b21-20+. The summed E-state index contributed by atoms with van der Waals surface area (Å²) in [6.07, 6.45) is 0.348. The number of likely N-dealkylation sites (N-methyl/N-ethyl adjacent to an activating group) is 1. The van der Waals surface area contributed by atoms with Gasteiger partial charge in [0.05, 0.1) is 10.5 Å². The number of fused-ring (bicyclic) bond motifs is 2. The molecule has 0 aliphatic carbocycles. The van der Waals surface area contributed by atoms with Gasteiger partial charge in [0.25, 0.3) is 17.6 Å². The number of aliphatic hydroxyl groups excluding tert-OH is 1. The highest BCUT2D eigenvalue weighted by atomic mass is 32.2. The SMILES string of the molecule is COCCCN1C(=O)C(=O)/C(=C(\O)c2cccc(S(=O)(=O)N(C)C)c2)C12C(=O)N(C)c1ccccc12. The molecule has 11 heteroatoms. The summed E-state index contributed by atoms with van der Waals surface area (Å²) < 4.78 is 31.5.